The molecular weight excluding hydrogens is 604 g/mol. The molecule has 47 heavy (non-hydrogen) atoms. The van der Waals surface area contributed by atoms with Crippen molar-refractivity contribution in [2.24, 2.45) is 11.8 Å². The van der Waals surface area contributed by atoms with E-state index in [1.165, 1.54) is 4.90 Å². The molecule has 13 heteroatoms. The third-order valence-corrected chi connectivity index (χ3v) is 9.56. The monoisotopic (exact) mass is 640 g/mol. The largest absolute Gasteiger partial charge is 0.463 e. The van der Waals surface area contributed by atoms with Crippen LogP contribution in [0.15, 0.2) is 78.9 Å². The van der Waals surface area contributed by atoms with Crippen LogP contribution in [0.2, 0.25) is 0 Å². The number of hydrogen-bond donors (Lipinski definition) is 2. The maximum atomic E-state index is 14.8. The average Bonchev–Trinajstić information content (AvgIpc) is 3.84. The quantitative estimate of drug-likeness (QED) is 0.312. The van der Waals surface area contributed by atoms with Gasteiger partial charge in [0.25, 0.3) is 5.91 Å². The van der Waals surface area contributed by atoms with Gasteiger partial charge in [-0.25, -0.2) is 4.68 Å². The Bertz CT molecular complexity index is 1760. The van der Waals surface area contributed by atoms with Crippen LogP contribution in [0.3, 0.4) is 0 Å². The van der Waals surface area contributed by atoms with Crippen LogP contribution < -0.4 is 5.32 Å². The van der Waals surface area contributed by atoms with E-state index in [0.29, 0.717) is 11.9 Å². The number of carbonyl (C=O) groups is 4. The molecule has 244 valence electrons. The summed E-state index contributed by atoms with van der Waals surface area (Å²) in [6, 6.07) is 14.0. The number of amides is 3. The van der Waals surface area contributed by atoms with Gasteiger partial charge in [0.1, 0.15) is 30.4 Å². The van der Waals surface area contributed by atoms with Crippen molar-refractivity contribution in [1.29, 1.82) is 0 Å². The van der Waals surface area contributed by atoms with Crippen molar-refractivity contribution in [3.8, 4) is 0 Å². The van der Waals surface area contributed by atoms with E-state index in [1.807, 2.05) is 54.6 Å². The number of fused-ring (bicyclic) bond motifs is 3. The number of esters is 1. The van der Waals surface area contributed by atoms with Crippen molar-refractivity contribution in [3.63, 3.8) is 0 Å². The van der Waals surface area contributed by atoms with Crippen LogP contribution in [0, 0.1) is 11.8 Å². The smallest absolute Gasteiger partial charge is 0.306 e. The van der Waals surface area contributed by atoms with Crippen molar-refractivity contribution < 1.29 is 33.8 Å². The average molecular weight is 641 g/mol. The molecule has 2 fully saturated rings. The summed E-state index contributed by atoms with van der Waals surface area (Å²) in [4.78, 5) is 58.9. The predicted molar refractivity (Wildman–Crippen MR) is 167 cm³/mol. The van der Waals surface area contributed by atoms with Gasteiger partial charge in [-0.1, -0.05) is 72.0 Å². The summed E-state index contributed by atoms with van der Waals surface area (Å²) >= 11 is 0. The first kappa shape index (κ1) is 30.8. The predicted octanol–water partition coefficient (Wildman–Crippen LogP) is 1.50. The van der Waals surface area contributed by atoms with E-state index >= 15 is 0 Å². The minimum absolute atomic E-state index is 0.00826. The van der Waals surface area contributed by atoms with Crippen LogP contribution in [-0.4, -0.2) is 97.1 Å². The lowest BCUT2D eigenvalue weighted by Gasteiger charge is -2.37. The number of para-hydroxylation sites is 1. The number of aliphatic hydroxyl groups excluding tert-OH is 1. The Morgan fingerprint density at radius 2 is 1.83 bits per heavy atom. The van der Waals surface area contributed by atoms with Crippen molar-refractivity contribution in [3.05, 3.63) is 84.5 Å². The second kappa shape index (κ2) is 12.4. The van der Waals surface area contributed by atoms with Crippen LogP contribution >= 0.6 is 0 Å². The molecule has 3 aromatic rings. The van der Waals surface area contributed by atoms with E-state index in [0.717, 1.165) is 11.1 Å². The van der Waals surface area contributed by atoms with Crippen molar-refractivity contribution in [2.75, 3.05) is 19.8 Å². The number of nitrogens with one attached hydrogen (secondary N) is 1. The van der Waals surface area contributed by atoms with Gasteiger partial charge in [0.15, 0.2) is 0 Å². The molecule has 2 aromatic carbocycles. The first-order chi connectivity index (χ1) is 22.8. The fraction of sp³-hybridized carbons (Fsp3) is 0.412. The third-order valence-electron chi connectivity index (χ3n) is 9.56. The molecular formula is C34H36N6O7. The van der Waals surface area contributed by atoms with Crippen LogP contribution in [0.1, 0.15) is 31.4 Å². The van der Waals surface area contributed by atoms with E-state index in [2.05, 4.69) is 15.6 Å². The van der Waals surface area contributed by atoms with Gasteiger partial charge in [-0.3, -0.25) is 19.2 Å². The molecule has 7 atom stereocenters. The Balaban J connectivity index is 1.29. The van der Waals surface area contributed by atoms with Gasteiger partial charge in [-0.05, 0) is 31.0 Å². The van der Waals surface area contributed by atoms with Gasteiger partial charge in [0.2, 0.25) is 11.8 Å². The minimum atomic E-state index is -1.43. The zero-order valence-electron chi connectivity index (χ0n) is 25.8. The number of hydrogen-bond acceptors (Lipinski definition) is 9. The van der Waals surface area contributed by atoms with E-state index in [9.17, 15) is 24.3 Å². The number of cyclic esters (lactones) is 1. The Morgan fingerprint density at radius 3 is 2.64 bits per heavy atom. The van der Waals surface area contributed by atoms with Gasteiger partial charge in [-0.15, -0.1) is 5.10 Å². The van der Waals surface area contributed by atoms with Gasteiger partial charge < -0.3 is 29.7 Å². The van der Waals surface area contributed by atoms with E-state index in [4.69, 9.17) is 9.47 Å². The van der Waals surface area contributed by atoms with Gasteiger partial charge >= 0.3 is 5.97 Å². The maximum Gasteiger partial charge on any atom is 0.306 e. The molecule has 2 N–H and O–H groups in total. The standard InChI is InChI=1S/C34H36N6O7/c1-21(18-41)40-30-33(45)38(20-39-25-13-8-7-12-23(25)36-37-39)17-9-3-6-14-27(42)46-19-24(22-10-4-2-5-11-22)35-31(43)28-26-15-16-34(30,47-26)29(28)32(40)44/h2-5,7-13,15-16,21,24,26,28-30,41H,6,14,17-20H2,1H3,(H,35,43)/b9-3-/t21-,24-,26-,28+,29+,30-,34+/m1/s1. The van der Waals surface area contributed by atoms with E-state index in [-0.39, 0.29) is 26.2 Å². The van der Waals surface area contributed by atoms with Crippen molar-refractivity contribution >= 4 is 34.7 Å². The highest BCUT2D eigenvalue weighted by Crippen LogP contribution is 2.56. The number of nitrogens with zero attached hydrogens (tertiary/aromatic N) is 5. The second-order valence-electron chi connectivity index (χ2n) is 12.4. The molecule has 5 heterocycles. The van der Waals surface area contributed by atoms with Crippen molar-refractivity contribution in [2.45, 2.75) is 56.3 Å². The molecule has 0 radical (unpaired) electrons. The van der Waals surface area contributed by atoms with Crippen LogP contribution in [0.25, 0.3) is 11.0 Å². The van der Waals surface area contributed by atoms with Gasteiger partial charge in [0, 0.05) is 13.0 Å². The van der Waals surface area contributed by atoms with Gasteiger partial charge in [-0.2, -0.15) is 0 Å². The fourth-order valence-corrected chi connectivity index (χ4v) is 7.27. The number of likely N-dealkylation sites (tertiary alicyclic amines) is 1. The van der Waals surface area contributed by atoms with E-state index in [1.54, 1.807) is 40.8 Å². The van der Waals surface area contributed by atoms with Gasteiger partial charge in [0.05, 0.1) is 42.1 Å². The molecule has 13 nitrogen and oxygen atoms in total. The fourth-order valence-electron chi connectivity index (χ4n) is 7.27. The molecule has 0 saturated carbocycles. The third kappa shape index (κ3) is 5.28. The zero-order valence-corrected chi connectivity index (χ0v) is 25.8. The summed E-state index contributed by atoms with van der Waals surface area (Å²) in [6.45, 7) is 1.32. The number of aliphatic hydroxyl groups is 1. The van der Waals surface area contributed by atoms with Crippen LogP contribution in [0.4, 0.5) is 0 Å². The molecule has 0 unspecified atom stereocenters. The molecule has 1 spiro atoms. The molecule has 4 aliphatic rings. The number of aromatic nitrogens is 3. The molecule has 7 rings (SSSR count). The maximum absolute atomic E-state index is 14.8. The number of ether oxygens (including phenoxy) is 2. The lowest BCUT2D eigenvalue weighted by atomic mass is 9.74. The lowest BCUT2D eigenvalue weighted by molar-refractivity contribution is -0.151. The Kier molecular flexibility index (Phi) is 8.10. The highest BCUT2D eigenvalue weighted by molar-refractivity contribution is 6.00. The molecule has 2 saturated heterocycles. The van der Waals surface area contributed by atoms with Crippen LogP contribution in [-0.2, 0) is 35.3 Å². The second-order valence-corrected chi connectivity index (χ2v) is 12.4. The topological polar surface area (TPSA) is 156 Å². The summed E-state index contributed by atoms with van der Waals surface area (Å²) in [6.07, 6.45) is 6.79. The Morgan fingerprint density at radius 1 is 1.04 bits per heavy atom. The molecule has 5 bridgehead atoms. The molecule has 1 aromatic heterocycles. The number of benzene rings is 2. The summed E-state index contributed by atoms with van der Waals surface area (Å²) in [7, 11) is 0. The summed E-state index contributed by atoms with van der Waals surface area (Å²) in [5.74, 6) is -3.72. The summed E-state index contributed by atoms with van der Waals surface area (Å²) < 4.78 is 13.7. The number of rotatable bonds is 5. The Labute approximate surface area is 270 Å². The Hall–Kier alpha value is -4.88. The summed E-state index contributed by atoms with van der Waals surface area (Å²) in [5.41, 5.74) is 0.683. The molecule has 4 aliphatic heterocycles. The summed E-state index contributed by atoms with van der Waals surface area (Å²) in [5, 5.41) is 21.8. The molecule has 0 aliphatic carbocycles. The number of carbonyl (C=O) groups excluding carboxylic acids is 4. The minimum Gasteiger partial charge on any atom is -0.463 e. The van der Waals surface area contributed by atoms with E-state index < -0.39 is 72.0 Å². The SMILES string of the molecule is C[C@H](CO)N1C(=O)[C@@H]2[C@H]3C(=O)N[C@@H](c4ccccc4)COC(=O)CC/C=C\CN(Cn4nnc5ccccc54)C(=O)[C@@H]1[C@]21C=C[C@H]3O1. The highest BCUT2D eigenvalue weighted by atomic mass is 16.5. The highest BCUT2D eigenvalue weighted by Gasteiger charge is 2.73. The first-order valence-corrected chi connectivity index (χ1v) is 15.9. The normalized spacial score (nSPS) is 30.8. The lowest BCUT2D eigenvalue weighted by Crippen LogP contribution is -2.58. The number of allylic oxidation sites excluding steroid dienone is 1. The van der Waals surface area contributed by atoms with Crippen LogP contribution in [0.5, 0.6) is 0 Å². The first-order valence-electron chi connectivity index (χ1n) is 15.9. The van der Waals surface area contributed by atoms with Crippen molar-refractivity contribution in [1.82, 2.24) is 30.1 Å². The molecule has 3 amide bonds. The zero-order chi connectivity index (χ0) is 32.7.